The first-order valence-electron chi connectivity index (χ1n) is 3.12. The molecule has 0 N–H and O–H groups in total. The summed E-state index contributed by atoms with van der Waals surface area (Å²) in [7, 11) is 0. The van der Waals surface area contributed by atoms with E-state index in [9.17, 15) is 0 Å². The van der Waals surface area contributed by atoms with Crippen molar-refractivity contribution in [1.82, 2.24) is 0 Å². The van der Waals surface area contributed by atoms with Crippen molar-refractivity contribution in [3.63, 3.8) is 0 Å². The molecule has 0 aliphatic carbocycles. The highest BCUT2D eigenvalue weighted by Crippen LogP contribution is 2.07. The minimum Gasteiger partial charge on any atom is -0.457 e. The van der Waals surface area contributed by atoms with E-state index >= 15 is 0 Å². The van der Waals surface area contributed by atoms with Gasteiger partial charge in [-0.25, -0.2) is 0 Å². The van der Waals surface area contributed by atoms with Crippen LogP contribution in [-0.4, -0.2) is 6.79 Å². The molecule has 0 aliphatic rings. The monoisotopic (exact) mass is 149 g/mol. The van der Waals surface area contributed by atoms with Crippen LogP contribution in [0.25, 0.3) is 0 Å². The molecular weight excluding hydrogens is 142 g/mol. The Morgan fingerprint density at radius 1 is 1.27 bits per heavy atom. The number of nitrogens with zero attached hydrogens (tertiary/aromatic N) is 1. The molecule has 0 saturated heterocycles. The Morgan fingerprint density at radius 3 is 2.64 bits per heavy atom. The summed E-state index contributed by atoms with van der Waals surface area (Å²) in [6.07, 6.45) is 1.51. The first-order valence-corrected chi connectivity index (χ1v) is 3.12. The van der Waals surface area contributed by atoms with E-state index in [2.05, 4.69) is 4.74 Å². The predicted octanol–water partition coefficient (Wildman–Crippen LogP) is 1.52. The molecule has 1 rings (SSSR count). The van der Waals surface area contributed by atoms with Gasteiger partial charge in [-0.1, -0.05) is 18.2 Å². The number of hydrogen-bond acceptors (Lipinski definition) is 3. The fourth-order valence-corrected chi connectivity index (χ4v) is 0.641. The summed E-state index contributed by atoms with van der Waals surface area (Å²) in [6, 6.07) is 9.17. The van der Waals surface area contributed by atoms with Crippen molar-refractivity contribution in [2.24, 2.45) is 0 Å². The summed E-state index contributed by atoms with van der Waals surface area (Å²) < 4.78 is 9.32. The summed E-state index contributed by atoms with van der Waals surface area (Å²) >= 11 is 0. The summed E-state index contributed by atoms with van der Waals surface area (Å²) in [5.74, 6) is 0.697. The van der Waals surface area contributed by atoms with Gasteiger partial charge in [-0.05, 0) is 12.1 Å². The first-order chi connectivity index (χ1) is 5.43. The summed E-state index contributed by atoms with van der Waals surface area (Å²) in [6.45, 7) is -0.0273. The van der Waals surface area contributed by atoms with Gasteiger partial charge in [0.25, 0.3) is 6.26 Å². The number of nitriles is 1. The number of ether oxygens (including phenoxy) is 2. The molecule has 3 nitrogen and oxygen atoms in total. The van der Waals surface area contributed by atoms with E-state index in [-0.39, 0.29) is 6.79 Å². The molecule has 0 bridgehead atoms. The van der Waals surface area contributed by atoms with Gasteiger partial charge >= 0.3 is 0 Å². The Balaban J connectivity index is 2.35. The van der Waals surface area contributed by atoms with Gasteiger partial charge in [0, 0.05) is 0 Å². The average Bonchev–Trinajstić information content (AvgIpc) is 2.07. The van der Waals surface area contributed by atoms with Crippen molar-refractivity contribution in [3.05, 3.63) is 30.3 Å². The van der Waals surface area contributed by atoms with E-state index in [1.165, 1.54) is 6.26 Å². The van der Waals surface area contributed by atoms with Crippen molar-refractivity contribution in [1.29, 1.82) is 5.26 Å². The molecule has 0 unspecified atom stereocenters. The standard InChI is InChI=1S/C8H7NO2/c9-6-10-7-11-8-4-2-1-3-5-8/h1-5H,7H2. The van der Waals surface area contributed by atoms with Gasteiger partial charge in [-0.15, -0.1) is 0 Å². The molecular formula is C8H7NO2. The third kappa shape index (κ3) is 2.59. The second kappa shape index (κ2) is 4.18. The Labute approximate surface area is 64.8 Å². The molecule has 1 aromatic rings. The van der Waals surface area contributed by atoms with Gasteiger partial charge in [0.2, 0.25) is 6.79 Å². The fraction of sp³-hybridized carbons (Fsp3) is 0.125. The van der Waals surface area contributed by atoms with Crippen LogP contribution in [0.2, 0.25) is 0 Å². The molecule has 11 heavy (non-hydrogen) atoms. The average molecular weight is 149 g/mol. The van der Waals surface area contributed by atoms with Crippen LogP contribution in [0.5, 0.6) is 5.75 Å². The van der Waals surface area contributed by atoms with Crippen LogP contribution in [0, 0.1) is 11.5 Å². The van der Waals surface area contributed by atoms with Gasteiger partial charge in [-0.2, -0.15) is 5.26 Å². The number of hydrogen-bond donors (Lipinski definition) is 0. The van der Waals surface area contributed by atoms with Crippen LogP contribution < -0.4 is 4.74 Å². The predicted molar refractivity (Wildman–Crippen MR) is 38.6 cm³/mol. The Kier molecular flexibility index (Phi) is 2.82. The molecule has 0 spiro atoms. The van der Waals surface area contributed by atoms with Gasteiger partial charge in [-0.3, -0.25) is 0 Å². The van der Waals surface area contributed by atoms with Crippen molar-refractivity contribution in [3.8, 4) is 12.0 Å². The largest absolute Gasteiger partial charge is 0.457 e. The highest BCUT2D eigenvalue weighted by atomic mass is 16.7. The van der Waals surface area contributed by atoms with E-state index in [1.807, 2.05) is 18.2 Å². The van der Waals surface area contributed by atoms with Crippen molar-refractivity contribution >= 4 is 0 Å². The van der Waals surface area contributed by atoms with Crippen molar-refractivity contribution in [2.45, 2.75) is 0 Å². The lowest BCUT2D eigenvalue weighted by atomic mass is 10.3. The van der Waals surface area contributed by atoms with Crippen LogP contribution in [-0.2, 0) is 4.74 Å². The number of benzene rings is 1. The molecule has 0 radical (unpaired) electrons. The third-order valence-corrected chi connectivity index (χ3v) is 1.09. The maximum absolute atomic E-state index is 7.99. The quantitative estimate of drug-likeness (QED) is 0.371. The SMILES string of the molecule is N#COCOc1ccccc1. The topological polar surface area (TPSA) is 42.2 Å². The Morgan fingerprint density at radius 2 is 2.00 bits per heavy atom. The Bertz CT molecular complexity index is 240. The smallest absolute Gasteiger partial charge is 0.289 e. The normalized spacial score (nSPS) is 8.27. The summed E-state index contributed by atoms with van der Waals surface area (Å²) in [4.78, 5) is 0. The second-order valence-electron chi connectivity index (χ2n) is 1.81. The molecule has 0 heterocycles. The molecule has 0 amide bonds. The number of rotatable bonds is 3. The highest BCUT2D eigenvalue weighted by molar-refractivity contribution is 5.20. The van der Waals surface area contributed by atoms with E-state index < -0.39 is 0 Å². The highest BCUT2D eigenvalue weighted by Gasteiger charge is 1.88. The van der Waals surface area contributed by atoms with Crippen LogP contribution in [0.15, 0.2) is 30.3 Å². The second-order valence-corrected chi connectivity index (χ2v) is 1.81. The van der Waals surface area contributed by atoms with Crippen molar-refractivity contribution < 1.29 is 9.47 Å². The third-order valence-electron chi connectivity index (χ3n) is 1.09. The molecule has 0 atom stereocenters. The molecule has 0 aliphatic heterocycles. The fourth-order valence-electron chi connectivity index (χ4n) is 0.641. The lowest BCUT2D eigenvalue weighted by Gasteiger charge is -2.01. The minimum absolute atomic E-state index is 0.0273. The zero-order valence-electron chi connectivity index (χ0n) is 5.86. The molecule has 0 fully saturated rings. The van der Waals surface area contributed by atoms with Crippen LogP contribution >= 0.6 is 0 Å². The molecule has 56 valence electrons. The van der Waals surface area contributed by atoms with Gasteiger partial charge < -0.3 is 9.47 Å². The van der Waals surface area contributed by atoms with Crippen LogP contribution in [0.4, 0.5) is 0 Å². The maximum atomic E-state index is 7.99. The summed E-state index contributed by atoms with van der Waals surface area (Å²) in [5, 5.41) is 7.99. The number of para-hydroxylation sites is 1. The van der Waals surface area contributed by atoms with Gasteiger partial charge in [0.05, 0.1) is 0 Å². The molecule has 0 saturated carbocycles. The van der Waals surface area contributed by atoms with Gasteiger partial charge in [0.1, 0.15) is 5.75 Å². The summed E-state index contributed by atoms with van der Waals surface area (Å²) in [5.41, 5.74) is 0. The lowest BCUT2D eigenvalue weighted by molar-refractivity contribution is 0.0916. The van der Waals surface area contributed by atoms with Crippen LogP contribution in [0.3, 0.4) is 0 Å². The van der Waals surface area contributed by atoms with Crippen molar-refractivity contribution in [2.75, 3.05) is 6.79 Å². The van der Waals surface area contributed by atoms with E-state index in [0.29, 0.717) is 5.75 Å². The lowest BCUT2D eigenvalue weighted by Crippen LogP contribution is -1.97. The Hall–Kier alpha value is -1.69. The zero-order valence-corrected chi connectivity index (χ0v) is 5.86. The minimum atomic E-state index is -0.0273. The molecule has 0 aromatic heterocycles. The van der Waals surface area contributed by atoms with Crippen LogP contribution in [0.1, 0.15) is 0 Å². The molecule has 1 aromatic carbocycles. The zero-order chi connectivity index (χ0) is 7.94. The maximum Gasteiger partial charge on any atom is 0.289 e. The van der Waals surface area contributed by atoms with E-state index in [1.54, 1.807) is 12.1 Å². The van der Waals surface area contributed by atoms with E-state index in [4.69, 9.17) is 10.00 Å². The first kappa shape index (κ1) is 7.42. The van der Waals surface area contributed by atoms with Gasteiger partial charge in [0.15, 0.2) is 0 Å². The van der Waals surface area contributed by atoms with E-state index in [0.717, 1.165) is 0 Å². The molecule has 3 heteroatoms.